The molecule has 2 aromatic rings. The van der Waals surface area contributed by atoms with E-state index < -0.39 is 0 Å². The number of aromatic nitrogens is 2. The molecule has 1 aromatic heterocycles. The van der Waals surface area contributed by atoms with Crippen molar-refractivity contribution in [3.8, 4) is 0 Å². The number of ether oxygens (including phenoxy) is 1. The van der Waals surface area contributed by atoms with Gasteiger partial charge in [0.2, 0.25) is 5.91 Å². The van der Waals surface area contributed by atoms with Crippen LogP contribution in [-0.4, -0.2) is 35.4 Å². The van der Waals surface area contributed by atoms with Crippen molar-refractivity contribution in [3.05, 3.63) is 47.3 Å². The second-order valence-electron chi connectivity index (χ2n) is 6.86. The number of nitrogens with one attached hydrogen (secondary N) is 1. The lowest BCUT2D eigenvalue weighted by atomic mass is 9.99. The molecular formula is C19H24N4O2. The van der Waals surface area contributed by atoms with Crippen LogP contribution in [0.4, 0.5) is 5.69 Å². The van der Waals surface area contributed by atoms with Gasteiger partial charge in [-0.1, -0.05) is 12.1 Å². The molecule has 1 amide bonds. The van der Waals surface area contributed by atoms with Crippen molar-refractivity contribution in [1.82, 2.24) is 15.1 Å². The van der Waals surface area contributed by atoms with E-state index in [9.17, 15) is 4.79 Å². The molecule has 4 rings (SSSR count). The summed E-state index contributed by atoms with van der Waals surface area (Å²) in [6.45, 7) is 1.57. The summed E-state index contributed by atoms with van der Waals surface area (Å²) in [6.07, 6.45) is 4.29. The van der Waals surface area contributed by atoms with Gasteiger partial charge in [0, 0.05) is 51.6 Å². The molecule has 1 saturated heterocycles. The first kappa shape index (κ1) is 16.3. The number of benzene rings is 1. The van der Waals surface area contributed by atoms with Gasteiger partial charge in [0.1, 0.15) is 6.10 Å². The second-order valence-corrected chi connectivity index (χ2v) is 6.86. The molecular weight excluding hydrogens is 316 g/mol. The summed E-state index contributed by atoms with van der Waals surface area (Å²) in [5.74, 6) is 0.195. The summed E-state index contributed by atoms with van der Waals surface area (Å²) in [4.78, 5) is 13.6. The van der Waals surface area contributed by atoms with Crippen LogP contribution in [-0.2, 0) is 29.5 Å². The third kappa shape index (κ3) is 3.07. The molecule has 0 bridgehead atoms. The van der Waals surface area contributed by atoms with E-state index in [-0.39, 0.29) is 18.1 Å². The Morgan fingerprint density at radius 3 is 2.96 bits per heavy atom. The molecule has 2 aliphatic heterocycles. The number of hydrogen-bond acceptors (Lipinski definition) is 4. The number of nitrogens with zero attached hydrogens (tertiary/aromatic N) is 3. The van der Waals surface area contributed by atoms with Crippen LogP contribution in [0.1, 0.15) is 35.8 Å². The minimum atomic E-state index is 0.0499. The Hall–Kier alpha value is -2.18. The van der Waals surface area contributed by atoms with Crippen molar-refractivity contribution >= 4 is 11.6 Å². The van der Waals surface area contributed by atoms with Gasteiger partial charge in [0.25, 0.3) is 0 Å². The number of anilines is 1. The van der Waals surface area contributed by atoms with E-state index >= 15 is 0 Å². The van der Waals surface area contributed by atoms with Gasteiger partial charge in [-0.25, -0.2) is 0 Å². The molecule has 3 heterocycles. The van der Waals surface area contributed by atoms with Crippen molar-refractivity contribution in [2.24, 2.45) is 7.05 Å². The molecule has 2 aliphatic rings. The summed E-state index contributed by atoms with van der Waals surface area (Å²) in [6, 6.07) is 8.70. The topological polar surface area (TPSA) is 59.4 Å². The molecule has 0 radical (unpaired) electrons. The fraction of sp³-hybridized carbons (Fsp3) is 0.474. The van der Waals surface area contributed by atoms with Crippen LogP contribution in [0.5, 0.6) is 0 Å². The summed E-state index contributed by atoms with van der Waals surface area (Å²) >= 11 is 0. The predicted molar refractivity (Wildman–Crippen MR) is 95.3 cm³/mol. The van der Waals surface area contributed by atoms with Gasteiger partial charge in [-0.2, -0.15) is 5.10 Å². The van der Waals surface area contributed by atoms with Crippen molar-refractivity contribution in [2.45, 2.75) is 38.0 Å². The number of hydrogen-bond donors (Lipinski definition) is 1. The van der Waals surface area contributed by atoms with E-state index in [4.69, 9.17) is 4.74 Å². The average molecular weight is 340 g/mol. The van der Waals surface area contributed by atoms with Gasteiger partial charge < -0.3 is 15.0 Å². The Morgan fingerprint density at radius 2 is 2.16 bits per heavy atom. The Kier molecular flexibility index (Phi) is 4.31. The highest BCUT2D eigenvalue weighted by atomic mass is 16.5. The largest absolute Gasteiger partial charge is 0.370 e. The highest BCUT2D eigenvalue weighted by Gasteiger charge is 2.31. The molecule has 25 heavy (non-hydrogen) atoms. The van der Waals surface area contributed by atoms with Crippen LogP contribution in [0.15, 0.2) is 30.5 Å². The Labute approximate surface area is 147 Å². The van der Waals surface area contributed by atoms with Crippen molar-refractivity contribution in [3.63, 3.8) is 0 Å². The predicted octanol–water partition coefficient (Wildman–Crippen LogP) is 1.95. The van der Waals surface area contributed by atoms with E-state index in [2.05, 4.69) is 28.6 Å². The number of fused-ring (bicyclic) bond motifs is 1. The van der Waals surface area contributed by atoms with Gasteiger partial charge in [-0.3, -0.25) is 9.48 Å². The highest BCUT2D eigenvalue weighted by Crippen LogP contribution is 2.30. The van der Waals surface area contributed by atoms with Crippen LogP contribution in [0.2, 0.25) is 0 Å². The zero-order chi connectivity index (χ0) is 17.4. The van der Waals surface area contributed by atoms with E-state index in [0.29, 0.717) is 6.42 Å². The number of rotatable bonds is 4. The number of amides is 1. The molecule has 1 fully saturated rings. The summed E-state index contributed by atoms with van der Waals surface area (Å²) in [7, 11) is 3.81. The molecule has 6 heteroatoms. The molecule has 0 aliphatic carbocycles. The van der Waals surface area contributed by atoms with Gasteiger partial charge in [0.15, 0.2) is 0 Å². The van der Waals surface area contributed by atoms with E-state index in [1.54, 1.807) is 4.90 Å². The number of aryl methyl sites for hydroxylation is 2. The standard InChI is InChI=1S/C19H24N4O2/c1-22-16-5-3-13(11-14(16)4-6-18(22)24)12-20-15-8-10-25-19(15)17-7-9-21-23(17)2/h3,5,7,9,11,15,19-20H,4,6,8,10,12H2,1-2H3/t15-,19-/m0/s1. The zero-order valence-electron chi connectivity index (χ0n) is 14.7. The molecule has 0 saturated carbocycles. The molecule has 6 nitrogen and oxygen atoms in total. The van der Waals surface area contributed by atoms with E-state index in [1.807, 2.05) is 31.0 Å². The van der Waals surface area contributed by atoms with Crippen LogP contribution < -0.4 is 10.2 Å². The normalized spacial score (nSPS) is 23.1. The van der Waals surface area contributed by atoms with Crippen molar-refractivity contribution in [1.29, 1.82) is 0 Å². The average Bonchev–Trinajstić information content (AvgIpc) is 3.24. The maximum Gasteiger partial charge on any atom is 0.227 e. The molecule has 132 valence electrons. The smallest absolute Gasteiger partial charge is 0.227 e. The van der Waals surface area contributed by atoms with Crippen LogP contribution in [0.25, 0.3) is 0 Å². The summed E-state index contributed by atoms with van der Waals surface area (Å²) in [5.41, 5.74) is 4.65. The molecule has 0 unspecified atom stereocenters. The van der Waals surface area contributed by atoms with E-state index in [0.717, 1.165) is 37.4 Å². The number of carbonyl (C=O) groups excluding carboxylic acids is 1. The molecule has 2 atom stereocenters. The quantitative estimate of drug-likeness (QED) is 0.924. The van der Waals surface area contributed by atoms with Crippen LogP contribution >= 0.6 is 0 Å². The second kappa shape index (κ2) is 6.61. The molecule has 1 N–H and O–H groups in total. The minimum absolute atomic E-state index is 0.0499. The van der Waals surface area contributed by atoms with Crippen molar-refractivity contribution in [2.75, 3.05) is 18.6 Å². The summed E-state index contributed by atoms with van der Waals surface area (Å²) < 4.78 is 7.81. The SMILES string of the molecule is CN1C(=O)CCc2cc(CN[C@H]3CCO[C@@H]3c3ccnn3C)ccc21. The minimum Gasteiger partial charge on any atom is -0.370 e. The lowest BCUT2D eigenvalue weighted by Gasteiger charge is -2.26. The maximum atomic E-state index is 11.8. The fourth-order valence-corrected chi connectivity index (χ4v) is 3.82. The first-order valence-corrected chi connectivity index (χ1v) is 8.85. The maximum absolute atomic E-state index is 11.8. The fourth-order valence-electron chi connectivity index (χ4n) is 3.82. The Morgan fingerprint density at radius 1 is 1.28 bits per heavy atom. The lowest BCUT2D eigenvalue weighted by Crippen LogP contribution is -2.33. The third-order valence-corrected chi connectivity index (χ3v) is 5.30. The van der Waals surface area contributed by atoms with Crippen molar-refractivity contribution < 1.29 is 9.53 Å². The van der Waals surface area contributed by atoms with Crippen LogP contribution in [0, 0.1) is 0 Å². The zero-order valence-corrected chi connectivity index (χ0v) is 14.7. The van der Waals surface area contributed by atoms with Gasteiger partial charge >= 0.3 is 0 Å². The highest BCUT2D eigenvalue weighted by molar-refractivity contribution is 5.95. The van der Waals surface area contributed by atoms with Gasteiger partial charge in [0.05, 0.1) is 5.69 Å². The monoisotopic (exact) mass is 340 g/mol. The number of carbonyl (C=O) groups is 1. The Balaban J connectivity index is 1.45. The Bertz CT molecular complexity index is 785. The van der Waals surface area contributed by atoms with Crippen LogP contribution in [0.3, 0.4) is 0 Å². The first-order valence-electron chi connectivity index (χ1n) is 8.85. The first-order chi connectivity index (χ1) is 12.1. The lowest BCUT2D eigenvalue weighted by molar-refractivity contribution is -0.118. The van der Waals surface area contributed by atoms with E-state index in [1.165, 1.54) is 11.1 Å². The molecule has 0 spiro atoms. The molecule has 1 aromatic carbocycles. The van der Waals surface area contributed by atoms with Gasteiger partial charge in [-0.05, 0) is 36.1 Å². The summed E-state index contributed by atoms with van der Waals surface area (Å²) in [5, 5.41) is 7.90. The third-order valence-electron chi connectivity index (χ3n) is 5.30. The van der Waals surface area contributed by atoms with Gasteiger partial charge in [-0.15, -0.1) is 0 Å².